The average molecular weight is 186 g/mol. The molecule has 0 saturated heterocycles. The van der Waals surface area contributed by atoms with Gasteiger partial charge in [0.25, 0.3) is 0 Å². The maximum absolute atomic E-state index is 11.6. The lowest BCUT2D eigenvalue weighted by atomic mass is 9.89. The number of carbonyl (C=O) groups excluding carboxylic acids is 1. The van der Waals surface area contributed by atoms with Crippen LogP contribution in [0.5, 0.6) is 0 Å². The van der Waals surface area contributed by atoms with Gasteiger partial charge >= 0.3 is 0 Å². The first kappa shape index (κ1) is 8.22. The lowest BCUT2D eigenvalue weighted by Gasteiger charge is -2.16. The largest absolute Gasteiger partial charge is 0.294 e. The molecule has 72 valence electrons. The molecule has 0 heterocycles. The Hall–Kier alpha value is -1.11. The number of hydrogen-bond acceptors (Lipinski definition) is 1. The van der Waals surface area contributed by atoms with Crippen molar-refractivity contribution in [3.63, 3.8) is 0 Å². The Kier molecular flexibility index (Phi) is 1.73. The molecular formula is C13H14O. The first-order valence-corrected chi connectivity index (χ1v) is 5.52. The molecule has 0 atom stereocenters. The van der Waals surface area contributed by atoms with Gasteiger partial charge in [-0.05, 0) is 54.9 Å². The number of fused-ring (bicyclic) bond motifs is 2. The Labute approximate surface area is 84.1 Å². The van der Waals surface area contributed by atoms with Crippen molar-refractivity contribution in [2.45, 2.75) is 38.5 Å². The van der Waals surface area contributed by atoms with Crippen molar-refractivity contribution in [1.29, 1.82) is 0 Å². The van der Waals surface area contributed by atoms with Crippen LogP contribution in [0.4, 0.5) is 0 Å². The molecule has 1 aromatic rings. The molecule has 0 N–H and O–H groups in total. The van der Waals surface area contributed by atoms with Gasteiger partial charge in [0.1, 0.15) is 0 Å². The summed E-state index contributed by atoms with van der Waals surface area (Å²) in [6.45, 7) is 0. The third kappa shape index (κ3) is 1.12. The molecular weight excluding hydrogens is 172 g/mol. The van der Waals surface area contributed by atoms with Crippen molar-refractivity contribution in [2.24, 2.45) is 0 Å². The van der Waals surface area contributed by atoms with E-state index in [1.54, 1.807) is 0 Å². The van der Waals surface area contributed by atoms with Gasteiger partial charge in [0, 0.05) is 12.0 Å². The molecule has 0 amide bonds. The van der Waals surface area contributed by atoms with E-state index in [4.69, 9.17) is 0 Å². The number of rotatable bonds is 0. The predicted octanol–water partition coefficient (Wildman–Crippen LogP) is 2.69. The number of carbonyl (C=O) groups is 1. The maximum atomic E-state index is 11.6. The molecule has 1 aromatic carbocycles. The van der Waals surface area contributed by atoms with Gasteiger partial charge < -0.3 is 0 Å². The summed E-state index contributed by atoms with van der Waals surface area (Å²) < 4.78 is 0. The molecule has 2 aliphatic rings. The van der Waals surface area contributed by atoms with E-state index in [1.165, 1.54) is 42.4 Å². The van der Waals surface area contributed by atoms with Gasteiger partial charge in [-0.2, -0.15) is 0 Å². The summed E-state index contributed by atoms with van der Waals surface area (Å²) in [5.41, 5.74) is 5.26. The van der Waals surface area contributed by atoms with Gasteiger partial charge in [-0.3, -0.25) is 4.79 Å². The van der Waals surface area contributed by atoms with Crippen LogP contribution in [0.15, 0.2) is 12.1 Å². The fraction of sp³-hybridized carbons (Fsp3) is 0.462. The summed E-state index contributed by atoms with van der Waals surface area (Å²) in [4.78, 5) is 11.6. The van der Waals surface area contributed by atoms with Crippen LogP contribution in [0.1, 0.15) is 46.3 Å². The second kappa shape index (κ2) is 2.94. The zero-order valence-corrected chi connectivity index (χ0v) is 8.31. The summed E-state index contributed by atoms with van der Waals surface area (Å²) >= 11 is 0. The van der Waals surface area contributed by atoms with Crippen LogP contribution in [0.3, 0.4) is 0 Å². The van der Waals surface area contributed by atoms with Crippen LogP contribution >= 0.6 is 0 Å². The molecule has 0 spiro atoms. The first-order chi connectivity index (χ1) is 6.84. The highest BCUT2D eigenvalue weighted by atomic mass is 16.1. The third-order valence-corrected chi connectivity index (χ3v) is 3.49. The number of ketones is 1. The molecule has 14 heavy (non-hydrogen) atoms. The van der Waals surface area contributed by atoms with Crippen molar-refractivity contribution >= 4 is 5.78 Å². The molecule has 0 radical (unpaired) electrons. The highest BCUT2D eigenvalue weighted by molar-refractivity contribution is 6.00. The van der Waals surface area contributed by atoms with Crippen LogP contribution in [-0.2, 0) is 19.3 Å². The molecule has 0 bridgehead atoms. The van der Waals surface area contributed by atoms with Crippen LogP contribution in [-0.4, -0.2) is 5.78 Å². The molecule has 0 aliphatic heterocycles. The Bertz CT molecular complexity index is 404. The Morgan fingerprint density at radius 3 is 2.29 bits per heavy atom. The molecule has 0 unspecified atom stereocenters. The van der Waals surface area contributed by atoms with Crippen molar-refractivity contribution in [3.8, 4) is 0 Å². The standard InChI is InChI=1S/C13H14O/c14-13-6-5-11-7-9-3-1-2-4-10(9)8-12(11)13/h7-8H,1-6H2. The van der Waals surface area contributed by atoms with Crippen LogP contribution in [0.25, 0.3) is 0 Å². The highest BCUT2D eigenvalue weighted by Crippen LogP contribution is 2.29. The van der Waals surface area contributed by atoms with E-state index in [0.717, 1.165) is 18.4 Å². The van der Waals surface area contributed by atoms with E-state index in [9.17, 15) is 4.79 Å². The Balaban J connectivity index is 2.15. The van der Waals surface area contributed by atoms with Crippen molar-refractivity contribution in [2.75, 3.05) is 0 Å². The molecule has 0 saturated carbocycles. The zero-order chi connectivity index (χ0) is 9.54. The summed E-state index contributed by atoms with van der Waals surface area (Å²) in [6, 6.07) is 4.45. The second-order valence-electron chi connectivity index (χ2n) is 4.41. The number of hydrogen-bond donors (Lipinski definition) is 0. The summed E-state index contributed by atoms with van der Waals surface area (Å²) in [7, 11) is 0. The van der Waals surface area contributed by atoms with Gasteiger partial charge in [0.05, 0.1) is 0 Å². The first-order valence-electron chi connectivity index (χ1n) is 5.52. The van der Waals surface area contributed by atoms with Crippen LogP contribution < -0.4 is 0 Å². The maximum Gasteiger partial charge on any atom is 0.163 e. The zero-order valence-electron chi connectivity index (χ0n) is 8.31. The summed E-state index contributed by atoms with van der Waals surface area (Å²) in [5.74, 6) is 0.355. The fourth-order valence-corrected chi connectivity index (χ4v) is 2.69. The van der Waals surface area contributed by atoms with Crippen molar-refractivity contribution in [1.82, 2.24) is 0 Å². The van der Waals surface area contributed by atoms with Gasteiger partial charge in [0.2, 0.25) is 0 Å². The monoisotopic (exact) mass is 186 g/mol. The van der Waals surface area contributed by atoms with E-state index in [0.29, 0.717) is 5.78 Å². The van der Waals surface area contributed by atoms with Crippen molar-refractivity contribution < 1.29 is 4.79 Å². The summed E-state index contributed by atoms with van der Waals surface area (Å²) in [5, 5.41) is 0. The van der Waals surface area contributed by atoms with Crippen molar-refractivity contribution in [3.05, 3.63) is 34.4 Å². The molecule has 1 nitrogen and oxygen atoms in total. The molecule has 3 rings (SSSR count). The average Bonchev–Trinajstić information content (AvgIpc) is 2.57. The van der Waals surface area contributed by atoms with Crippen LogP contribution in [0, 0.1) is 0 Å². The van der Waals surface area contributed by atoms with Gasteiger partial charge in [-0.15, -0.1) is 0 Å². The number of aryl methyl sites for hydroxylation is 3. The van der Waals surface area contributed by atoms with E-state index >= 15 is 0 Å². The van der Waals surface area contributed by atoms with Gasteiger partial charge in [0.15, 0.2) is 5.78 Å². The second-order valence-corrected chi connectivity index (χ2v) is 4.41. The Morgan fingerprint density at radius 2 is 1.50 bits per heavy atom. The lowest BCUT2D eigenvalue weighted by molar-refractivity contribution is 0.0994. The van der Waals surface area contributed by atoms with E-state index in [1.807, 2.05) is 0 Å². The molecule has 2 aliphatic carbocycles. The molecule has 0 aromatic heterocycles. The molecule has 1 heteroatoms. The summed E-state index contributed by atoms with van der Waals surface area (Å²) in [6.07, 6.45) is 6.71. The molecule has 0 fully saturated rings. The quantitative estimate of drug-likeness (QED) is 0.609. The minimum absolute atomic E-state index is 0.355. The highest BCUT2D eigenvalue weighted by Gasteiger charge is 2.22. The number of Topliss-reactive ketones (excluding diaryl/α,β-unsaturated/α-hetero) is 1. The SMILES string of the molecule is O=C1CCc2cc3c(cc21)CCCC3. The number of benzene rings is 1. The van der Waals surface area contributed by atoms with Gasteiger partial charge in [-0.1, -0.05) is 6.07 Å². The minimum atomic E-state index is 0.355. The van der Waals surface area contributed by atoms with Gasteiger partial charge in [-0.25, -0.2) is 0 Å². The fourth-order valence-electron chi connectivity index (χ4n) is 2.69. The van der Waals surface area contributed by atoms with Crippen LogP contribution in [0.2, 0.25) is 0 Å². The normalized spacial score (nSPS) is 19.3. The Morgan fingerprint density at radius 1 is 0.786 bits per heavy atom. The topological polar surface area (TPSA) is 17.1 Å². The van der Waals surface area contributed by atoms with E-state index in [-0.39, 0.29) is 0 Å². The smallest absolute Gasteiger partial charge is 0.163 e. The third-order valence-electron chi connectivity index (χ3n) is 3.49. The predicted molar refractivity (Wildman–Crippen MR) is 55.7 cm³/mol. The minimum Gasteiger partial charge on any atom is -0.294 e. The lowest BCUT2D eigenvalue weighted by Crippen LogP contribution is -2.05. The van der Waals surface area contributed by atoms with E-state index < -0.39 is 0 Å². The van der Waals surface area contributed by atoms with E-state index in [2.05, 4.69) is 12.1 Å².